The van der Waals surface area contributed by atoms with Gasteiger partial charge in [0.2, 0.25) is 0 Å². The molecule has 3 rings (SSSR count). The number of benzene rings is 3. The molecule has 0 aliphatic rings. The van der Waals surface area contributed by atoms with Crippen LogP contribution in [0.5, 0.6) is 17.2 Å². The van der Waals surface area contributed by atoms with Gasteiger partial charge in [0.1, 0.15) is 36.0 Å². The summed E-state index contributed by atoms with van der Waals surface area (Å²) in [6, 6.07) is 20.8. The van der Waals surface area contributed by atoms with Crippen molar-refractivity contribution in [3.05, 3.63) is 87.9 Å². The molecule has 0 N–H and O–H groups in total. The average Bonchev–Trinajstić information content (AvgIpc) is 2.81. The van der Waals surface area contributed by atoms with Gasteiger partial charge in [0.25, 0.3) is 0 Å². The van der Waals surface area contributed by atoms with E-state index >= 15 is 0 Å². The molecule has 6 nitrogen and oxygen atoms in total. The van der Waals surface area contributed by atoms with Gasteiger partial charge in [0.15, 0.2) is 6.79 Å². The van der Waals surface area contributed by atoms with Crippen molar-refractivity contribution in [2.75, 3.05) is 21.0 Å². The van der Waals surface area contributed by atoms with Crippen molar-refractivity contribution < 1.29 is 28.5 Å². The van der Waals surface area contributed by atoms with Crippen LogP contribution in [-0.2, 0) is 22.7 Å². The number of carbonyl (C=O) groups excluding carboxylic acids is 1. The second-order valence-corrected chi connectivity index (χ2v) is 7.38. The quantitative estimate of drug-likeness (QED) is 0.283. The molecule has 0 amide bonds. The molecule has 0 fully saturated rings. The van der Waals surface area contributed by atoms with Gasteiger partial charge in [-0.05, 0) is 45.3 Å². The molecule has 0 aliphatic heterocycles. The van der Waals surface area contributed by atoms with Crippen molar-refractivity contribution in [1.29, 1.82) is 0 Å². The molecule has 0 aromatic heterocycles. The summed E-state index contributed by atoms with van der Waals surface area (Å²) in [6.07, 6.45) is 0. The Kier molecular flexibility index (Phi) is 8.32. The van der Waals surface area contributed by atoms with Crippen LogP contribution in [-0.4, -0.2) is 27.0 Å². The Morgan fingerprint density at radius 2 is 1.48 bits per heavy atom. The van der Waals surface area contributed by atoms with Crippen LogP contribution in [0.1, 0.15) is 21.5 Å². The van der Waals surface area contributed by atoms with Crippen LogP contribution >= 0.6 is 15.9 Å². The number of rotatable bonds is 10. The molecule has 0 aliphatic carbocycles. The third-order valence-electron chi connectivity index (χ3n) is 4.34. The number of carbonyl (C=O) groups is 1. The van der Waals surface area contributed by atoms with E-state index in [4.69, 9.17) is 23.7 Å². The molecule has 0 bridgehead atoms. The fourth-order valence-corrected chi connectivity index (χ4v) is 3.20. The Bertz CT molecular complexity index is 989. The number of methoxy groups -OCH3 is 2. The molecule has 0 heterocycles. The zero-order valence-electron chi connectivity index (χ0n) is 17.3. The lowest BCUT2D eigenvalue weighted by Crippen LogP contribution is -2.08. The minimum absolute atomic E-state index is 0.0695. The molecule has 7 heteroatoms. The van der Waals surface area contributed by atoms with Gasteiger partial charge >= 0.3 is 5.97 Å². The lowest BCUT2D eigenvalue weighted by molar-refractivity contribution is 0.0502. The summed E-state index contributed by atoms with van der Waals surface area (Å²) >= 11 is 3.39. The van der Waals surface area contributed by atoms with Crippen molar-refractivity contribution in [2.24, 2.45) is 0 Å². The Hall–Kier alpha value is -3.03. The molecule has 0 atom stereocenters. The van der Waals surface area contributed by atoms with Gasteiger partial charge in [-0.2, -0.15) is 0 Å². The van der Waals surface area contributed by atoms with Gasteiger partial charge in [0, 0.05) is 13.2 Å². The van der Waals surface area contributed by atoms with E-state index < -0.39 is 5.97 Å². The first kappa shape index (κ1) is 22.7. The summed E-state index contributed by atoms with van der Waals surface area (Å²) in [5.74, 6) is 1.11. The van der Waals surface area contributed by atoms with E-state index in [1.54, 1.807) is 12.1 Å². The molecule has 0 saturated carbocycles. The molecular weight excluding hydrogens is 464 g/mol. The van der Waals surface area contributed by atoms with E-state index in [0.29, 0.717) is 28.1 Å². The Balaban J connectivity index is 1.67. The van der Waals surface area contributed by atoms with Crippen LogP contribution in [0.25, 0.3) is 0 Å². The molecule has 162 valence electrons. The van der Waals surface area contributed by atoms with Gasteiger partial charge in [0.05, 0.1) is 11.6 Å². The number of hydrogen-bond donors (Lipinski definition) is 0. The Morgan fingerprint density at radius 1 is 0.806 bits per heavy atom. The zero-order chi connectivity index (χ0) is 22.1. The molecule has 3 aromatic carbocycles. The smallest absolute Gasteiger partial charge is 0.341 e. The highest BCUT2D eigenvalue weighted by atomic mass is 79.9. The molecule has 3 aromatic rings. The SMILES string of the molecule is COCOc1cc(OCc2ccc(OCc3ccccc3)cc2)c(C(=O)OC)cc1Br. The van der Waals surface area contributed by atoms with Crippen LogP contribution in [0.3, 0.4) is 0 Å². The predicted octanol–water partition coefficient (Wildman–Crippen LogP) is 5.38. The lowest BCUT2D eigenvalue weighted by atomic mass is 10.2. The van der Waals surface area contributed by atoms with E-state index in [2.05, 4.69) is 15.9 Å². The van der Waals surface area contributed by atoms with Crippen LogP contribution < -0.4 is 14.2 Å². The van der Waals surface area contributed by atoms with Gasteiger partial charge in [-0.1, -0.05) is 42.5 Å². The largest absolute Gasteiger partial charge is 0.489 e. The molecule has 0 unspecified atom stereocenters. The minimum Gasteiger partial charge on any atom is -0.489 e. The van der Waals surface area contributed by atoms with E-state index in [9.17, 15) is 4.79 Å². The number of ether oxygens (including phenoxy) is 5. The Labute approximate surface area is 189 Å². The standard InChI is InChI=1S/C24H23BrO6/c1-27-16-31-23-13-22(20(12-21(23)25)24(26)28-2)30-15-18-8-10-19(11-9-18)29-14-17-6-4-3-5-7-17/h3-13H,14-16H2,1-2H3. The molecule has 31 heavy (non-hydrogen) atoms. The van der Waals surface area contributed by atoms with Crippen molar-refractivity contribution in [2.45, 2.75) is 13.2 Å². The normalized spacial score (nSPS) is 10.4. The maximum atomic E-state index is 12.2. The minimum atomic E-state index is -0.501. The maximum Gasteiger partial charge on any atom is 0.341 e. The summed E-state index contributed by atoms with van der Waals surface area (Å²) in [5, 5.41) is 0. The van der Waals surface area contributed by atoms with Gasteiger partial charge in [-0.25, -0.2) is 4.79 Å². The third-order valence-corrected chi connectivity index (χ3v) is 4.96. The summed E-state index contributed by atoms with van der Waals surface area (Å²) in [5.41, 5.74) is 2.32. The highest BCUT2D eigenvalue weighted by molar-refractivity contribution is 9.10. The topological polar surface area (TPSA) is 63.2 Å². The first-order valence-corrected chi connectivity index (χ1v) is 10.3. The molecule has 0 spiro atoms. The first-order chi connectivity index (χ1) is 15.1. The van der Waals surface area contributed by atoms with E-state index in [1.165, 1.54) is 14.2 Å². The third kappa shape index (κ3) is 6.47. The fourth-order valence-electron chi connectivity index (χ4n) is 2.74. The molecule has 0 saturated heterocycles. The summed E-state index contributed by atoms with van der Waals surface area (Å²) < 4.78 is 27.6. The van der Waals surface area contributed by atoms with Crippen molar-refractivity contribution in [1.82, 2.24) is 0 Å². The second-order valence-electron chi connectivity index (χ2n) is 6.53. The number of hydrogen-bond acceptors (Lipinski definition) is 6. The maximum absolute atomic E-state index is 12.2. The van der Waals surface area contributed by atoms with Crippen molar-refractivity contribution >= 4 is 21.9 Å². The van der Waals surface area contributed by atoms with Crippen LogP contribution in [0.4, 0.5) is 0 Å². The zero-order valence-corrected chi connectivity index (χ0v) is 18.9. The fraction of sp³-hybridized carbons (Fsp3) is 0.208. The summed E-state index contributed by atoms with van der Waals surface area (Å²) in [6.45, 7) is 0.830. The summed E-state index contributed by atoms with van der Waals surface area (Å²) in [4.78, 5) is 12.2. The van der Waals surface area contributed by atoms with Gasteiger partial charge < -0.3 is 23.7 Å². The number of esters is 1. The van der Waals surface area contributed by atoms with Crippen LogP contribution in [0.15, 0.2) is 71.2 Å². The molecular formula is C24H23BrO6. The highest BCUT2D eigenvalue weighted by Gasteiger charge is 2.18. The summed E-state index contributed by atoms with van der Waals surface area (Å²) in [7, 11) is 2.85. The highest BCUT2D eigenvalue weighted by Crippen LogP contribution is 2.34. The monoisotopic (exact) mass is 486 g/mol. The Morgan fingerprint density at radius 3 is 2.16 bits per heavy atom. The van der Waals surface area contributed by atoms with Crippen LogP contribution in [0, 0.1) is 0 Å². The number of halogens is 1. The van der Waals surface area contributed by atoms with Gasteiger partial charge in [-0.15, -0.1) is 0 Å². The predicted molar refractivity (Wildman–Crippen MR) is 120 cm³/mol. The van der Waals surface area contributed by atoms with E-state index in [1.807, 2.05) is 54.6 Å². The first-order valence-electron chi connectivity index (χ1n) is 9.52. The lowest BCUT2D eigenvalue weighted by Gasteiger charge is -2.14. The van der Waals surface area contributed by atoms with E-state index in [-0.39, 0.29) is 13.4 Å². The average molecular weight is 487 g/mol. The van der Waals surface area contributed by atoms with Crippen molar-refractivity contribution in [3.8, 4) is 17.2 Å². The van der Waals surface area contributed by atoms with E-state index in [0.717, 1.165) is 16.9 Å². The van der Waals surface area contributed by atoms with Gasteiger partial charge in [-0.3, -0.25) is 0 Å². The van der Waals surface area contributed by atoms with Crippen molar-refractivity contribution in [3.63, 3.8) is 0 Å². The van der Waals surface area contributed by atoms with Crippen LogP contribution in [0.2, 0.25) is 0 Å². The molecule has 0 radical (unpaired) electrons. The second kappa shape index (κ2) is 11.4.